The van der Waals surface area contributed by atoms with Crippen LogP contribution in [-0.4, -0.2) is 31.8 Å². The average molecular weight is 384 g/mol. The summed E-state index contributed by atoms with van der Waals surface area (Å²) in [5.74, 6) is 1.84. The summed E-state index contributed by atoms with van der Waals surface area (Å²) in [4.78, 5) is 4.80. The summed E-state index contributed by atoms with van der Waals surface area (Å²) >= 11 is 0. The van der Waals surface area contributed by atoms with Crippen LogP contribution in [0.2, 0.25) is 0 Å². The molecule has 0 aliphatic carbocycles. The maximum absolute atomic E-state index is 5.82. The van der Waals surface area contributed by atoms with Crippen molar-refractivity contribution in [1.29, 1.82) is 0 Å². The molecule has 2 atom stereocenters. The average Bonchev–Trinajstić information content (AvgIpc) is 3.26. The van der Waals surface area contributed by atoms with Gasteiger partial charge in [-0.05, 0) is 56.7 Å². The van der Waals surface area contributed by atoms with E-state index in [1.54, 1.807) is 6.26 Å². The van der Waals surface area contributed by atoms with Crippen LogP contribution in [-0.2, 0) is 11.2 Å². The van der Waals surface area contributed by atoms with E-state index in [0.717, 1.165) is 50.7 Å². The molecule has 3 rings (SSSR count). The summed E-state index contributed by atoms with van der Waals surface area (Å²) in [6, 6.07) is 14.6. The Labute approximate surface area is 168 Å². The van der Waals surface area contributed by atoms with E-state index in [2.05, 4.69) is 41.8 Å². The molecule has 0 saturated carbocycles. The minimum Gasteiger partial charge on any atom is -0.469 e. The van der Waals surface area contributed by atoms with E-state index < -0.39 is 0 Å². The largest absolute Gasteiger partial charge is 0.469 e. The van der Waals surface area contributed by atoms with Gasteiger partial charge in [-0.2, -0.15) is 0 Å². The zero-order valence-electron chi connectivity index (χ0n) is 16.9. The minimum absolute atomic E-state index is 0.192. The van der Waals surface area contributed by atoms with Gasteiger partial charge in [0.05, 0.1) is 18.4 Å². The predicted molar refractivity (Wildman–Crippen MR) is 114 cm³/mol. The smallest absolute Gasteiger partial charge is 0.191 e. The highest BCUT2D eigenvalue weighted by molar-refractivity contribution is 5.80. The second-order valence-electron chi connectivity index (χ2n) is 7.39. The number of ether oxygens (including phenoxy) is 1. The highest BCUT2D eigenvalue weighted by atomic mass is 16.5. The number of rotatable bonds is 9. The van der Waals surface area contributed by atoms with E-state index in [9.17, 15) is 0 Å². The van der Waals surface area contributed by atoms with Gasteiger partial charge < -0.3 is 19.8 Å². The van der Waals surface area contributed by atoms with Gasteiger partial charge in [-0.1, -0.05) is 30.3 Å². The van der Waals surface area contributed by atoms with Crippen molar-refractivity contribution in [2.45, 2.75) is 57.6 Å². The summed E-state index contributed by atoms with van der Waals surface area (Å²) < 4.78 is 11.2. The number of nitrogens with zero attached hydrogens (tertiary/aromatic N) is 1. The molecule has 1 aromatic heterocycles. The maximum Gasteiger partial charge on any atom is 0.191 e. The van der Waals surface area contributed by atoms with Gasteiger partial charge in [0.15, 0.2) is 5.96 Å². The lowest BCUT2D eigenvalue weighted by molar-refractivity contribution is 0.0105. The van der Waals surface area contributed by atoms with Gasteiger partial charge in [0, 0.05) is 26.1 Å². The SMILES string of the molecule is CC(NC(=NCCCC1CCCCO1)NCCc1ccco1)c1ccccc1. The normalized spacial score (nSPS) is 18.6. The summed E-state index contributed by atoms with van der Waals surface area (Å²) in [5, 5.41) is 6.97. The van der Waals surface area contributed by atoms with Crippen LogP contribution in [0.15, 0.2) is 58.1 Å². The van der Waals surface area contributed by atoms with Crippen LogP contribution in [0.4, 0.5) is 0 Å². The number of nitrogens with one attached hydrogen (secondary N) is 2. The monoisotopic (exact) mass is 383 g/mol. The molecule has 1 fully saturated rings. The van der Waals surface area contributed by atoms with Crippen LogP contribution >= 0.6 is 0 Å². The van der Waals surface area contributed by atoms with Crippen LogP contribution in [0.25, 0.3) is 0 Å². The number of aliphatic imine (C=N–C) groups is 1. The highest BCUT2D eigenvalue weighted by Crippen LogP contribution is 2.17. The fourth-order valence-corrected chi connectivity index (χ4v) is 3.49. The van der Waals surface area contributed by atoms with Crippen molar-refractivity contribution in [2.24, 2.45) is 4.99 Å². The Morgan fingerprint density at radius 3 is 2.82 bits per heavy atom. The molecule has 28 heavy (non-hydrogen) atoms. The second-order valence-corrected chi connectivity index (χ2v) is 7.39. The number of furan rings is 1. The third-order valence-corrected chi connectivity index (χ3v) is 5.12. The Kier molecular flexibility index (Phi) is 8.44. The molecule has 0 bridgehead atoms. The fraction of sp³-hybridized carbons (Fsp3) is 0.522. The van der Waals surface area contributed by atoms with Crippen LogP contribution in [0.5, 0.6) is 0 Å². The van der Waals surface area contributed by atoms with E-state index in [1.807, 2.05) is 18.2 Å². The van der Waals surface area contributed by atoms with Crippen molar-refractivity contribution in [1.82, 2.24) is 10.6 Å². The van der Waals surface area contributed by atoms with Gasteiger partial charge in [0.2, 0.25) is 0 Å². The lowest BCUT2D eigenvalue weighted by atomic mass is 10.1. The number of hydrogen-bond acceptors (Lipinski definition) is 3. The third-order valence-electron chi connectivity index (χ3n) is 5.12. The Morgan fingerprint density at radius 2 is 2.07 bits per heavy atom. The van der Waals surface area contributed by atoms with Crippen molar-refractivity contribution in [2.75, 3.05) is 19.7 Å². The molecular formula is C23H33N3O2. The summed E-state index contributed by atoms with van der Waals surface area (Å²) in [5.41, 5.74) is 1.25. The van der Waals surface area contributed by atoms with E-state index in [1.165, 1.54) is 24.8 Å². The van der Waals surface area contributed by atoms with Crippen LogP contribution in [0.3, 0.4) is 0 Å². The first-order valence-electron chi connectivity index (χ1n) is 10.5. The molecule has 5 heteroatoms. The molecule has 1 aliphatic heterocycles. The van der Waals surface area contributed by atoms with Gasteiger partial charge >= 0.3 is 0 Å². The Balaban J connectivity index is 1.49. The number of guanidine groups is 1. The number of benzene rings is 1. The Hall–Kier alpha value is -2.27. The van der Waals surface area contributed by atoms with Crippen molar-refractivity contribution >= 4 is 5.96 Å². The molecule has 152 valence electrons. The highest BCUT2D eigenvalue weighted by Gasteiger charge is 2.13. The first kappa shape index (κ1) is 20.5. The van der Waals surface area contributed by atoms with Crippen LogP contribution < -0.4 is 10.6 Å². The van der Waals surface area contributed by atoms with E-state index >= 15 is 0 Å². The molecular weight excluding hydrogens is 350 g/mol. The first-order valence-corrected chi connectivity index (χ1v) is 10.5. The zero-order valence-corrected chi connectivity index (χ0v) is 16.9. The molecule has 2 N–H and O–H groups in total. The summed E-state index contributed by atoms with van der Waals surface area (Å²) in [6.45, 7) is 4.67. The molecule has 0 radical (unpaired) electrons. The minimum atomic E-state index is 0.192. The third kappa shape index (κ3) is 7.04. The van der Waals surface area contributed by atoms with Gasteiger partial charge in [-0.3, -0.25) is 4.99 Å². The molecule has 0 amide bonds. The predicted octanol–water partition coefficient (Wildman–Crippen LogP) is 4.47. The van der Waals surface area contributed by atoms with E-state index in [4.69, 9.17) is 14.1 Å². The summed E-state index contributed by atoms with van der Waals surface area (Å²) in [6.07, 6.45) is 8.82. The van der Waals surface area contributed by atoms with Crippen LogP contribution in [0, 0.1) is 0 Å². The molecule has 2 unspecified atom stereocenters. The second kappa shape index (κ2) is 11.5. The molecule has 1 aromatic carbocycles. The molecule has 1 aliphatic rings. The Bertz CT molecular complexity index is 679. The lowest BCUT2D eigenvalue weighted by Crippen LogP contribution is -2.40. The molecule has 2 heterocycles. The van der Waals surface area contributed by atoms with Gasteiger partial charge in [0.1, 0.15) is 5.76 Å². The standard InChI is InChI=1S/C23H33N3O2/c1-19(20-9-3-2-4-10-20)26-23(25-16-14-22-13-8-18-28-22)24-15-7-12-21-11-5-6-17-27-21/h2-4,8-10,13,18-19,21H,5-7,11-12,14-17H2,1H3,(H2,24,25,26). The fourth-order valence-electron chi connectivity index (χ4n) is 3.49. The van der Waals surface area contributed by atoms with Crippen molar-refractivity contribution in [3.05, 3.63) is 60.1 Å². The first-order chi connectivity index (χ1) is 13.8. The maximum atomic E-state index is 5.82. The van der Waals surface area contributed by atoms with E-state index in [-0.39, 0.29) is 6.04 Å². The number of hydrogen-bond donors (Lipinski definition) is 2. The molecule has 5 nitrogen and oxygen atoms in total. The molecule has 2 aromatic rings. The summed E-state index contributed by atoms with van der Waals surface area (Å²) in [7, 11) is 0. The Morgan fingerprint density at radius 1 is 1.18 bits per heavy atom. The van der Waals surface area contributed by atoms with Gasteiger partial charge in [0.25, 0.3) is 0 Å². The molecule has 1 saturated heterocycles. The topological polar surface area (TPSA) is 58.8 Å². The van der Waals surface area contributed by atoms with Crippen molar-refractivity contribution in [3.63, 3.8) is 0 Å². The molecule has 0 spiro atoms. The van der Waals surface area contributed by atoms with Gasteiger partial charge in [-0.15, -0.1) is 0 Å². The van der Waals surface area contributed by atoms with Crippen molar-refractivity contribution in [3.8, 4) is 0 Å². The quantitative estimate of drug-likeness (QED) is 0.381. The zero-order chi connectivity index (χ0) is 19.4. The van der Waals surface area contributed by atoms with Crippen molar-refractivity contribution < 1.29 is 9.15 Å². The lowest BCUT2D eigenvalue weighted by Gasteiger charge is -2.22. The van der Waals surface area contributed by atoms with E-state index in [0.29, 0.717) is 6.10 Å². The van der Waals surface area contributed by atoms with Crippen LogP contribution in [0.1, 0.15) is 56.4 Å². The van der Waals surface area contributed by atoms with Gasteiger partial charge in [-0.25, -0.2) is 0 Å².